The van der Waals surface area contributed by atoms with Gasteiger partial charge in [-0.15, -0.1) is 0 Å². The van der Waals surface area contributed by atoms with Crippen molar-refractivity contribution < 1.29 is 13.9 Å². The third-order valence-electron chi connectivity index (χ3n) is 6.54. The summed E-state index contributed by atoms with van der Waals surface area (Å²) in [6.07, 6.45) is 4.31. The molecule has 0 amide bonds. The van der Waals surface area contributed by atoms with Crippen LogP contribution in [0.15, 0.2) is 99.9 Å². The normalized spacial score (nSPS) is 11.6. The predicted octanol–water partition coefficient (Wildman–Crippen LogP) is 9.36. The van der Waals surface area contributed by atoms with Crippen molar-refractivity contribution in [2.45, 2.75) is 0 Å². The Morgan fingerprint density at radius 1 is 0.667 bits per heavy atom. The van der Waals surface area contributed by atoms with Gasteiger partial charge in [0, 0.05) is 10.0 Å². The van der Waals surface area contributed by atoms with E-state index in [-0.39, 0.29) is 0 Å². The van der Waals surface area contributed by atoms with Crippen molar-refractivity contribution in [3.63, 3.8) is 0 Å². The lowest BCUT2D eigenvalue weighted by atomic mass is 9.96. The number of hydrogen-bond acceptors (Lipinski definition) is 3. The first-order valence-electron chi connectivity index (χ1n) is 11.7. The first kappa shape index (κ1) is 22.4. The van der Waals surface area contributed by atoms with E-state index in [2.05, 4.69) is 82.7 Å². The van der Waals surface area contributed by atoms with Crippen molar-refractivity contribution >= 4 is 60.6 Å². The smallest absolute Gasteiger partial charge is 0.180 e. The van der Waals surface area contributed by atoms with Crippen molar-refractivity contribution in [2.24, 2.45) is 0 Å². The van der Waals surface area contributed by atoms with Gasteiger partial charge in [0.1, 0.15) is 0 Å². The third-order valence-corrected chi connectivity index (χ3v) is 7.40. The summed E-state index contributed by atoms with van der Waals surface area (Å²) in [6.45, 7) is 0. The van der Waals surface area contributed by atoms with E-state index in [4.69, 9.17) is 13.9 Å². The summed E-state index contributed by atoms with van der Waals surface area (Å²) in [5, 5.41) is 5.64. The van der Waals surface area contributed by atoms with Gasteiger partial charge in [0.25, 0.3) is 0 Å². The SMILES string of the molecule is COc1c(-c2ccccc2)oc2c(OC)cc(/C=C/c3c4ccccc4c(Br)c4ccccc34)cc12. The fraction of sp³-hybridized carbons (Fsp3) is 0.0625. The molecule has 3 nitrogen and oxygen atoms in total. The molecule has 0 bridgehead atoms. The predicted molar refractivity (Wildman–Crippen MR) is 153 cm³/mol. The van der Waals surface area contributed by atoms with Crippen LogP contribution in [0.1, 0.15) is 11.1 Å². The van der Waals surface area contributed by atoms with E-state index in [1.54, 1.807) is 14.2 Å². The van der Waals surface area contributed by atoms with Gasteiger partial charge in [0.2, 0.25) is 0 Å². The monoisotopic (exact) mass is 534 g/mol. The van der Waals surface area contributed by atoms with Crippen LogP contribution in [0.3, 0.4) is 0 Å². The molecule has 5 aromatic carbocycles. The Labute approximate surface area is 217 Å². The third kappa shape index (κ3) is 3.66. The van der Waals surface area contributed by atoms with Crippen LogP contribution in [0.25, 0.3) is 56.0 Å². The minimum Gasteiger partial charge on any atom is -0.493 e. The molecule has 0 spiro atoms. The maximum Gasteiger partial charge on any atom is 0.180 e. The van der Waals surface area contributed by atoms with Gasteiger partial charge in [-0.1, -0.05) is 91.0 Å². The number of hydrogen-bond donors (Lipinski definition) is 0. The fourth-order valence-electron chi connectivity index (χ4n) is 4.87. The fourth-order valence-corrected chi connectivity index (χ4v) is 5.56. The molecule has 0 aliphatic rings. The Morgan fingerprint density at radius 2 is 1.28 bits per heavy atom. The molecular weight excluding hydrogens is 512 g/mol. The van der Waals surface area contributed by atoms with Gasteiger partial charge in [-0.2, -0.15) is 0 Å². The minimum atomic E-state index is 0.665. The van der Waals surface area contributed by atoms with Gasteiger partial charge in [-0.05, 0) is 60.7 Å². The molecule has 0 N–H and O–H groups in total. The summed E-state index contributed by atoms with van der Waals surface area (Å²) in [7, 11) is 3.33. The van der Waals surface area contributed by atoms with Crippen molar-refractivity contribution in [1.29, 1.82) is 0 Å². The number of methoxy groups -OCH3 is 2. The van der Waals surface area contributed by atoms with E-state index in [0.717, 1.165) is 21.0 Å². The summed E-state index contributed by atoms with van der Waals surface area (Å²) in [6, 6.07) is 31.0. The quantitative estimate of drug-likeness (QED) is 0.163. The molecule has 0 saturated heterocycles. The zero-order chi connectivity index (χ0) is 24.6. The lowest BCUT2D eigenvalue weighted by molar-refractivity contribution is 0.407. The molecule has 36 heavy (non-hydrogen) atoms. The van der Waals surface area contributed by atoms with Gasteiger partial charge in [0.15, 0.2) is 22.8 Å². The number of ether oxygens (including phenoxy) is 2. The maximum atomic E-state index is 6.27. The first-order valence-corrected chi connectivity index (χ1v) is 12.5. The molecular formula is C32H23BrO3. The number of fused-ring (bicyclic) bond motifs is 3. The zero-order valence-corrected chi connectivity index (χ0v) is 21.5. The topological polar surface area (TPSA) is 31.6 Å². The van der Waals surface area contributed by atoms with Crippen LogP contribution in [-0.2, 0) is 0 Å². The highest BCUT2D eigenvalue weighted by atomic mass is 79.9. The maximum absolute atomic E-state index is 6.27. The van der Waals surface area contributed by atoms with Crippen molar-refractivity contribution in [2.75, 3.05) is 14.2 Å². The number of rotatable bonds is 5. The van der Waals surface area contributed by atoms with E-state index in [9.17, 15) is 0 Å². The molecule has 0 fully saturated rings. The van der Waals surface area contributed by atoms with Crippen molar-refractivity contribution in [3.8, 4) is 22.8 Å². The average molecular weight is 535 g/mol. The number of benzene rings is 5. The lowest BCUT2D eigenvalue weighted by Gasteiger charge is -2.11. The number of halogens is 1. The van der Waals surface area contributed by atoms with Crippen molar-refractivity contribution in [1.82, 2.24) is 0 Å². The van der Waals surface area contributed by atoms with Crippen molar-refractivity contribution in [3.05, 3.63) is 107 Å². The molecule has 4 heteroatoms. The standard InChI is InChI=1S/C32H23BrO3/c1-34-28-19-20(18-27-31(28)36-30(32(27)35-2)21-10-4-3-5-11-21)16-17-24-22-12-6-8-14-25(22)29(33)26-15-9-7-13-23(24)26/h3-19H,1-2H3/b17-16+. The van der Waals surface area contributed by atoms with Crippen LogP contribution < -0.4 is 9.47 Å². The second-order valence-corrected chi connectivity index (χ2v) is 9.38. The second-order valence-electron chi connectivity index (χ2n) is 8.58. The van der Waals surface area contributed by atoms with Crippen LogP contribution >= 0.6 is 15.9 Å². The Balaban J connectivity index is 1.55. The van der Waals surface area contributed by atoms with E-state index < -0.39 is 0 Å². The Morgan fingerprint density at radius 3 is 1.89 bits per heavy atom. The van der Waals surface area contributed by atoms with E-state index in [0.29, 0.717) is 22.8 Å². The molecule has 0 radical (unpaired) electrons. The van der Waals surface area contributed by atoms with Gasteiger partial charge in [-0.3, -0.25) is 0 Å². The summed E-state index contributed by atoms with van der Waals surface area (Å²) in [5.74, 6) is 2.06. The lowest BCUT2D eigenvalue weighted by Crippen LogP contribution is -1.87. The Hall–Kier alpha value is -4.02. The van der Waals surface area contributed by atoms with Crippen LogP contribution in [0.5, 0.6) is 11.5 Å². The van der Waals surface area contributed by atoms with Gasteiger partial charge < -0.3 is 13.9 Å². The molecule has 0 aliphatic carbocycles. The second kappa shape index (κ2) is 9.21. The molecule has 6 rings (SSSR count). The van der Waals surface area contributed by atoms with Crippen LogP contribution in [0, 0.1) is 0 Å². The van der Waals surface area contributed by atoms with Gasteiger partial charge >= 0.3 is 0 Å². The zero-order valence-electron chi connectivity index (χ0n) is 19.9. The number of furan rings is 1. The highest BCUT2D eigenvalue weighted by Gasteiger charge is 2.20. The minimum absolute atomic E-state index is 0.665. The summed E-state index contributed by atoms with van der Waals surface area (Å²) in [4.78, 5) is 0. The summed E-state index contributed by atoms with van der Waals surface area (Å²) < 4.78 is 18.9. The van der Waals surface area contributed by atoms with Crippen LogP contribution in [-0.4, -0.2) is 14.2 Å². The van der Waals surface area contributed by atoms with Crippen LogP contribution in [0.2, 0.25) is 0 Å². The highest BCUT2D eigenvalue weighted by molar-refractivity contribution is 9.10. The molecule has 6 aromatic rings. The van der Waals surface area contributed by atoms with E-state index in [1.807, 2.05) is 36.4 Å². The van der Waals surface area contributed by atoms with Gasteiger partial charge in [-0.25, -0.2) is 0 Å². The first-order chi connectivity index (χ1) is 17.7. The molecule has 176 valence electrons. The average Bonchev–Trinajstić information content (AvgIpc) is 3.31. The Kier molecular flexibility index (Phi) is 5.74. The summed E-state index contributed by atoms with van der Waals surface area (Å²) in [5.41, 5.74) is 3.80. The van der Waals surface area contributed by atoms with Crippen LogP contribution in [0.4, 0.5) is 0 Å². The van der Waals surface area contributed by atoms with E-state index in [1.165, 1.54) is 27.1 Å². The molecule has 1 aromatic heterocycles. The largest absolute Gasteiger partial charge is 0.493 e. The summed E-state index contributed by atoms with van der Waals surface area (Å²) >= 11 is 3.83. The molecule has 0 unspecified atom stereocenters. The molecule has 1 heterocycles. The molecule has 0 aliphatic heterocycles. The molecule has 0 atom stereocenters. The molecule has 0 saturated carbocycles. The highest BCUT2D eigenvalue weighted by Crippen LogP contribution is 2.44. The van der Waals surface area contributed by atoms with Gasteiger partial charge in [0.05, 0.1) is 19.6 Å². The Bertz CT molecular complexity index is 1710. The van der Waals surface area contributed by atoms with E-state index >= 15 is 0 Å².